The third-order valence-corrected chi connectivity index (χ3v) is 2.60. The van der Waals surface area contributed by atoms with Gasteiger partial charge in [0.2, 0.25) is 0 Å². The molecule has 14 heavy (non-hydrogen) atoms. The predicted octanol–water partition coefficient (Wildman–Crippen LogP) is 0.981. The molecule has 0 amide bonds. The summed E-state index contributed by atoms with van der Waals surface area (Å²) in [6.45, 7) is 2.53. The standard InChI is InChI=1S/C11H15N3/c12-11(13)8-14-6-5-9-3-1-2-4-10(9)7-14/h1-4H,5-8H2,(H3,12,13). The monoisotopic (exact) mass is 189 g/mol. The SMILES string of the molecule is N=C(N)CN1CCc2ccccc2C1. The maximum Gasteiger partial charge on any atom is 0.105 e. The minimum Gasteiger partial charge on any atom is -0.387 e. The van der Waals surface area contributed by atoms with Crippen LogP contribution in [0.2, 0.25) is 0 Å². The topological polar surface area (TPSA) is 53.1 Å². The summed E-state index contributed by atoms with van der Waals surface area (Å²) in [4.78, 5) is 2.21. The fraction of sp³-hybridized carbons (Fsp3) is 0.364. The predicted molar refractivity (Wildman–Crippen MR) is 57.3 cm³/mol. The normalized spacial score (nSPS) is 16.3. The highest BCUT2D eigenvalue weighted by atomic mass is 15.1. The molecule has 74 valence electrons. The van der Waals surface area contributed by atoms with Gasteiger partial charge in [-0.2, -0.15) is 0 Å². The lowest BCUT2D eigenvalue weighted by Gasteiger charge is -2.27. The van der Waals surface area contributed by atoms with Gasteiger partial charge in [0.25, 0.3) is 0 Å². The van der Waals surface area contributed by atoms with Crippen LogP contribution in [0.4, 0.5) is 0 Å². The van der Waals surface area contributed by atoms with Gasteiger partial charge in [-0.15, -0.1) is 0 Å². The number of rotatable bonds is 2. The third kappa shape index (κ3) is 1.93. The van der Waals surface area contributed by atoms with Crippen molar-refractivity contribution in [2.24, 2.45) is 5.73 Å². The van der Waals surface area contributed by atoms with Crippen molar-refractivity contribution < 1.29 is 0 Å². The summed E-state index contributed by atoms with van der Waals surface area (Å²) in [5.41, 5.74) is 8.20. The van der Waals surface area contributed by atoms with E-state index in [0.29, 0.717) is 6.54 Å². The molecule has 0 aromatic heterocycles. The molecule has 0 atom stereocenters. The fourth-order valence-electron chi connectivity index (χ4n) is 1.93. The lowest BCUT2D eigenvalue weighted by atomic mass is 10.00. The minimum atomic E-state index is 0.254. The molecule has 1 aromatic rings. The molecule has 3 N–H and O–H groups in total. The summed E-state index contributed by atoms with van der Waals surface area (Å²) in [6, 6.07) is 8.48. The zero-order chi connectivity index (χ0) is 9.97. The van der Waals surface area contributed by atoms with Crippen LogP contribution in [0.25, 0.3) is 0 Å². The van der Waals surface area contributed by atoms with Gasteiger partial charge in [-0.1, -0.05) is 24.3 Å². The highest BCUT2D eigenvalue weighted by molar-refractivity contribution is 5.78. The van der Waals surface area contributed by atoms with Crippen LogP contribution in [0.5, 0.6) is 0 Å². The Balaban J connectivity index is 2.09. The van der Waals surface area contributed by atoms with Crippen LogP contribution >= 0.6 is 0 Å². The van der Waals surface area contributed by atoms with Crippen LogP contribution in [0.3, 0.4) is 0 Å². The molecule has 1 aliphatic heterocycles. The Morgan fingerprint density at radius 1 is 1.36 bits per heavy atom. The van der Waals surface area contributed by atoms with E-state index >= 15 is 0 Å². The zero-order valence-electron chi connectivity index (χ0n) is 8.16. The first-order chi connectivity index (χ1) is 6.75. The van der Waals surface area contributed by atoms with Crippen molar-refractivity contribution >= 4 is 5.84 Å². The van der Waals surface area contributed by atoms with Crippen molar-refractivity contribution in [1.82, 2.24) is 4.90 Å². The van der Waals surface area contributed by atoms with Crippen molar-refractivity contribution in [2.75, 3.05) is 13.1 Å². The molecule has 0 saturated carbocycles. The number of fused-ring (bicyclic) bond motifs is 1. The molecule has 0 saturated heterocycles. The van der Waals surface area contributed by atoms with Gasteiger partial charge in [0.15, 0.2) is 0 Å². The second-order valence-corrected chi connectivity index (χ2v) is 3.75. The van der Waals surface area contributed by atoms with Crippen LogP contribution < -0.4 is 5.73 Å². The van der Waals surface area contributed by atoms with Gasteiger partial charge in [0.05, 0.1) is 6.54 Å². The average molecular weight is 189 g/mol. The van der Waals surface area contributed by atoms with E-state index in [0.717, 1.165) is 19.5 Å². The maximum atomic E-state index is 7.25. The first-order valence-corrected chi connectivity index (χ1v) is 4.88. The van der Waals surface area contributed by atoms with E-state index in [-0.39, 0.29) is 5.84 Å². The molecule has 1 aliphatic rings. The van der Waals surface area contributed by atoms with Gasteiger partial charge in [0, 0.05) is 13.1 Å². The Morgan fingerprint density at radius 2 is 2.07 bits per heavy atom. The Bertz CT molecular complexity index is 346. The second-order valence-electron chi connectivity index (χ2n) is 3.75. The van der Waals surface area contributed by atoms with Crippen molar-refractivity contribution in [3.05, 3.63) is 35.4 Å². The third-order valence-electron chi connectivity index (χ3n) is 2.60. The summed E-state index contributed by atoms with van der Waals surface area (Å²) >= 11 is 0. The molecule has 0 spiro atoms. The highest BCUT2D eigenvalue weighted by Crippen LogP contribution is 2.17. The number of nitrogens with zero attached hydrogens (tertiary/aromatic N) is 1. The van der Waals surface area contributed by atoms with Gasteiger partial charge in [-0.25, -0.2) is 0 Å². The molecule has 0 unspecified atom stereocenters. The molecule has 0 bridgehead atoms. The van der Waals surface area contributed by atoms with Gasteiger partial charge in [0.1, 0.15) is 5.84 Å². The number of benzene rings is 1. The van der Waals surface area contributed by atoms with E-state index in [4.69, 9.17) is 11.1 Å². The summed E-state index contributed by atoms with van der Waals surface area (Å²) < 4.78 is 0. The molecule has 3 heteroatoms. The van der Waals surface area contributed by atoms with Crippen LogP contribution in [0.1, 0.15) is 11.1 Å². The molecule has 3 nitrogen and oxygen atoms in total. The number of amidine groups is 1. The molecule has 1 aromatic carbocycles. The van der Waals surface area contributed by atoms with Crippen LogP contribution in [-0.2, 0) is 13.0 Å². The Hall–Kier alpha value is -1.35. The molecule has 0 radical (unpaired) electrons. The van der Waals surface area contributed by atoms with E-state index < -0.39 is 0 Å². The van der Waals surface area contributed by atoms with Crippen molar-refractivity contribution in [1.29, 1.82) is 5.41 Å². The minimum absolute atomic E-state index is 0.254. The van der Waals surface area contributed by atoms with Gasteiger partial charge < -0.3 is 5.73 Å². The Kier molecular flexibility index (Phi) is 2.50. The maximum absolute atomic E-state index is 7.25. The van der Waals surface area contributed by atoms with E-state index in [1.54, 1.807) is 0 Å². The van der Waals surface area contributed by atoms with E-state index in [2.05, 4.69) is 29.2 Å². The van der Waals surface area contributed by atoms with Crippen LogP contribution in [-0.4, -0.2) is 23.8 Å². The zero-order valence-corrected chi connectivity index (χ0v) is 8.16. The molecular formula is C11H15N3. The summed E-state index contributed by atoms with van der Waals surface area (Å²) in [5, 5.41) is 7.25. The highest BCUT2D eigenvalue weighted by Gasteiger charge is 2.15. The smallest absolute Gasteiger partial charge is 0.105 e. The first-order valence-electron chi connectivity index (χ1n) is 4.88. The van der Waals surface area contributed by atoms with Gasteiger partial charge in [-0.3, -0.25) is 10.3 Å². The van der Waals surface area contributed by atoms with E-state index in [1.807, 2.05) is 0 Å². The molecule has 0 fully saturated rings. The number of hydrogen-bond acceptors (Lipinski definition) is 2. The molecular weight excluding hydrogens is 174 g/mol. The van der Waals surface area contributed by atoms with Crippen molar-refractivity contribution in [3.63, 3.8) is 0 Å². The van der Waals surface area contributed by atoms with Crippen LogP contribution in [0, 0.1) is 5.41 Å². The van der Waals surface area contributed by atoms with Crippen molar-refractivity contribution in [3.8, 4) is 0 Å². The molecule has 0 aliphatic carbocycles. The number of nitrogens with two attached hydrogens (primary N) is 1. The van der Waals surface area contributed by atoms with Gasteiger partial charge >= 0.3 is 0 Å². The summed E-state index contributed by atoms with van der Waals surface area (Å²) in [7, 11) is 0. The molecule has 2 rings (SSSR count). The lowest BCUT2D eigenvalue weighted by Crippen LogP contribution is -2.37. The quantitative estimate of drug-likeness (QED) is 0.538. The number of hydrogen-bond donors (Lipinski definition) is 2. The Labute approximate surface area is 84.0 Å². The summed E-state index contributed by atoms with van der Waals surface area (Å²) in [6.07, 6.45) is 1.07. The van der Waals surface area contributed by atoms with Crippen molar-refractivity contribution in [2.45, 2.75) is 13.0 Å². The second kappa shape index (κ2) is 3.80. The largest absolute Gasteiger partial charge is 0.387 e. The summed E-state index contributed by atoms with van der Waals surface area (Å²) in [5.74, 6) is 0.254. The Morgan fingerprint density at radius 3 is 2.79 bits per heavy atom. The first kappa shape index (κ1) is 9.21. The van der Waals surface area contributed by atoms with E-state index in [9.17, 15) is 0 Å². The fourth-order valence-corrected chi connectivity index (χ4v) is 1.93. The lowest BCUT2D eigenvalue weighted by molar-refractivity contribution is 0.289. The van der Waals surface area contributed by atoms with E-state index in [1.165, 1.54) is 11.1 Å². The average Bonchev–Trinajstić information content (AvgIpc) is 2.17. The van der Waals surface area contributed by atoms with Gasteiger partial charge in [-0.05, 0) is 17.5 Å². The van der Waals surface area contributed by atoms with Crippen LogP contribution in [0.15, 0.2) is 24.3 Å². The number of nitrogens with one attached hydrogen (secondary N) is 1. The molecule has 1 heterocycles.